The molecule has 1 N–H and O–H groups in total. The van der Waals surface area contributed by atoms with Gasteiger partial charge in [-0.1, -0.05) is 12.1 Å². The maximum absolute atomic E-state index is 11.5. The average molecular weight is 269 g/mol. The van der Waals surface area contributed by atoms with Crippen LogP contribution in [-0.4, -0.2) is 26.4 Å². The second kappa shape index (κ2) is 5.24. The van der Waals surface area contributed by atoms with Gasteiger partial charge in [0, 0.05) is 5.92 Å². The number of nitrogens with one attached hydrogen (secondary N) is 1. The van der Waals surface area contributed by atoms with Gasteiger partial charge in [0.2, 0.25) is 5.91 Å². The number of nitrogens with zero attached hydrogens (tertiary/aromatic N) is 4. The summed E-state index contributed by atoms with van der Waals surface area (Å²) in [5.74, 6) is 0.185. The third kappa shape index (κ3) is 2.74. The fourth-order valence-electron chi connectivity index (χ4n) is 1.84. The molecule has 1 amide bonds. The van der Waals surface area contributed by atoms with E-state index in [1.165, 1.54) is 6.33 Å². The van der Waals surface area contributed by atoms with Gasteiger partial charge < -0.3 is 0 Å². The summed E-state index contributed by atoms with van der Waals surface area (Å²) in [5, 5.41) is 8.20. The molecule has 1 heterocycles. The molecule has 0 spiro atoms. The molecule has 20 heavy (non-hydrogen) atoms. The van der Waals surface area contributed by atoms with Crippen LogP contribution in [-0.2, 0) is 4.79 Å². The van der Waals surface area contributed by atoms with Gasteiger partial charge in [-0.2, -0.15) is 10.2 Å². The molecule has 3 rings (SSSR count). The molecule has 0 bridgehead atoms. The largest absolute Gasteiger partial charge is 0.273 e. The quantitative estimate of drug-likeness (QED) is 0.675. The summed E-state index contributed by atoms with van der Waals surface area (Å²) >= 11 is 0. The zero-order valence-corrected chi connectivity index (χ0v) is 11.2. The molecule has 0 radical (unpaired) electrons. The Balaban J connectivity index is 1.70. The zero-order valence-electron chi connectivity index (χ0n) is 11.2. The van der Waals surface area contributed by atoms with E-state index in [0.717, 1.165) is 29.8 Å². The van der Waals surface area contributed by atoms with E-state index in [1.54, 1.807) is 11.0 Å². The normalized spacial score (nSPS) is 15.2. The molecule has 1 saturated carbocycles. The minimum Gasteiger partial charge on any atom is -0.273 e. The summed E-state index contributed by atoms with van der Waals surface area (Å²) in [6.07, 6.45) is 5.10. The van der Waals surface area contributed by atoms with Gasteiger partial charge in [0.25, 0.3) is 0 Å². The van der Waals surface area contributed by atoms with Gasteiger partial charge in [-0.15, -0.1) is 0 Å². The maximum Gasteiger partial charge on any atom is 0.243 e. The number of aromatic nitrogens is 3. The van der Waals surface area contributed by atoms with Crippen LogP contribution in [0.2, 0.25) is 0 Å². The summed E-state index contributed by atoms with van der Waals surface area (Å²) in [6, 6.07) is 7.76. The van der Waals surface area contributed by atoms with Crippen LogP contribution in [0.4, 0.5) is 0 Å². The van der Waals surface area contributed by atoms with Crippen LogP contribution in [0.1, 0.15) is 25.3 Å². The van der Waals surface area contributed by atoms with E-state index in [-0.39, 0.29) is 11.8 Å². The number of hydrogen-bond acceptors (Lipinski definition) is 4. The molecule has 6 heteroatoms. The molecule has 0 aliphatic heterocycles. The van der Waals surface area contributed by atoms with Crippen LogP contribution in [0, 0.1) is 5.92 Å². The Morgan fingerprint density at radius 3 is 2.70 bits per heavy atom. The van der Waals surface area contributed by atoms with Crippen LogP contribution in [0.25, 0.3) is 5.69 Å². The van der Waals surface area contributed by atoms with E-state index >= 15 is 0 Å². The van der Waals surface area contributed by atoms with Gasteiger partial charge in [-0.3, -0.25) is 4.79 Å². The van der Waals surface area contributed by atoms with E-state index in [1.807, 2.05) is 31.2 Å². The first-order chi connectivity index (χ1) is 9.74. The fraction of sp³-hybridized carbons (Fsp3) is 0.286. The topological polar surface area (TPSA) is 72.2 Å². The van der Waals surface area contributed by atoms with Gasteiger partial charge in [0.05, 0.1) is 11.4 Å². The SMILES string of the molecule is C/C(=N/NC(=O)C1CC1)c1ccc(-n2cncn2)cc1. The lowest BCUT2D eigenvalue weighted by molar-refractivity contribution is -0.122. The van der Waals surface area contributed by atoms with Crippen LogP contribution in [0.5, 0.6) is 0 Å². The van der Waals surface area contributed by atoms with Crippen molar-refractivity contribution >= 4 is 11.6 Å². The van der Waals surface area contributed by atoms with Crippen molar-refractivity contribution in [2.75, 3.05) is 0 Å². The molecule has 1 fully saturated rings. The second-order valence-corrected chi connectivity index (χ2v) is 4.83. The third-order valence-corrected chi connectivity index (χ3v) is 3.25. The van der Waals surface area contributed by atoms with Crippen molar-refractivity contribution in [1.82, 2.24) is 20.2 Å². The number of hydrogen-bond donors (Lipinski definition) is 1. The van der Waals surface area contributed by atoms with Gasteiger partial charge in [0.1, 0.15) is 12.7 Å². The molecular formula is C14H15N5O. The van der Waals surface area contributed by atoms with Crippen molar-refractivity contribution in [3.05, 3.63) is 42.5 Å². The number of carbonyl (C=O) groups excluding carboxylic acids is 1. The molecule has 102 valence electrons. The molecule has 6 nitrogen and oxygen atoms in total. The molecule has 1 aliphatic carbocycles. The summed E-state index contributed by atoms with van der Waals surface area (Å²) in [5.41, 5.74) is 5.28. The Hall–Kier alpha value is -2.50. The van der Waals surface area contributed by atoms with Crippen LogP contribution >= 0.6 is 0 Å². The molecule has 0 unspecified atom stereocenters. The van der Waals surface area contributed by atoms with E-state index in [4.69, 9.17) is 0 Å². The predicted molar refractivity (Wildman–Crippen MR) is 74.4 cm³/mol. The number of carbonyl (C=O) groups is 1. The highest BCUT2D eigenvalue weighted by molar-refractivity contribution is 5.99. The lowest BCUT2D eigenvalue weighted by Gasteiger charge is -2.04. The van der Waals surface area contributed by atoms with Crippen molar-refractivity contribution in [3.63, 3.8) is 0 Å². The first-order valence-corrected chi connectivity index (χ1v) is 6.53. The lowest BCUT2D eigenvalue weighted by atomic mass is 10.1. The van der Waals surface area contributed by atoms with Gasteiger partial charge in [-0.25, -0.2) is 15.1 Å². The van der Waals surface area contributed by atoms with Crippen molar-refractivity contribution in [2.45, 2.75) is 19.8 Å². The minimum atomic E-state index is 0.0172. The molecule has 1 aromatic carbocycles. The number of amides is 1. The highest BCUT2D eigenvalue weighted by Crippen LogP contribution is 2.28. The highest BCUT2D eigenvalue weighted by atomic mass is 16.2. The minimum absolute atomic E-state index is 0.0172. The van der Waals surface area contributed by atoms with E-state index < -0.39 is 0 Å². The first kappa shape index (κ1) is 12.5. The van der Waals surface area contributed by atoms with Crippen molar-refractivity contribution in [2.24, 2.45) is 11.0 Å². The van der Waals surface area contributed by atoms with Crippen molar-refractivity contribution < 1.29 is 4.79 Å². The van der Waals surface area contributed by atoms with E-state index in [9.17, 15) is 4.79 Å². The molecule has 0 atom stereocenters. The number of hydrazone groups is 1. The molecule has 1 aromatic heterocycles. The Morgan fingerprint density at radius 2 is 2.10 bits per heavy atom. The number of benzene rings is 1. The van der Waals surface area contributed by atoms with E-state index in [2.05, 4.69) is 20.6 Å². The summed E-state index contributed by atoms with van der Waals surface area (Å²) in [6.45, 7) is 1.87. The maximum atomic E-state index is 11.5. The van der Waals surface area contributed by atoms with Crippen molar-refractivity contribution in [3.8, 4) is 5.69 Å². The highest BCUT2D eigenvalue weighted by Gasteiger charge is 2.29. The van der Waals surface area contributed by atoms with Crippen molar-refractivity contribution in [1.29, 1.82) is 0 Å². The predicted octanol–water partition coefficient (Wildman–Crippen LogP) is 1.52. The Morgan fingerprint density at radius 1 is 1.35 bits per heavy atom. The van der Waals surface area contributed by atoms with Crippen LogP contribution in [0.15, 0.2) is 42.0 Å². The number of rotatable bonds is 4. The third-order valence-electron chi connectivity index (χ3n) is 3.25. The van der Waals surface area contributed by atoms with Gasteiger partial charge >= 0.3 is 0 Å². The fourth-order valence-corrected chi connectivity index (χ4v) is 1.84. The summed E-state index contributed by atoms with van der Waals surface area (Å²) in [7, 11) is 0. The Labute approximate surface area is 116 Å². The molecule has 1 aliphatic rings. The molecular weight excluding hydrogens is 254 g/mol. The van der Waals surface area contributed by atoms with E-state index in [0.29, 0.717) is 0 Å². The van der Waals surface area contributed by atoms with Crippen LogP contribution < -0.4 is 5.43 Å². The summed E-state index contributed by atoms with van der Waals surface area (Å²) < 4.78 is 1.69. The van der Waals surface area contributed by atoms with Gasteiger partial charge in [-0.05, 0) is 37.5 Å². The smallest absolute Gasteiger partial charge is 0.243 e. The van der Waals surface area contributed by atoms with Crippen LogP contribution in [0.3, 0.4) is 0 Å². The zero-order chi connectivity index (χ0) is 13.9. The lowest BCUT2D eigenvalue weighted by Crippen LogP contribution is -2.20. The standard InChI is InChI=1S/C14H15N5O/c1-10(17-18-14(20)12-2-3-12)11-4-6-13(7-5-11)19-9-15-8-16-19/h4-9,12H,2-3H2,1H3,(H,18,20)/b17-10-. The monoisotopic (exact) mass is 269 g/mol. The Bertz CT molecular complexity index is 626. The average Bonchev–Trinajstić information content (AvgIpc) is 3.19. The Kier molecular flexibility index (Phi) is 3.28. The summed E-state index contributed by atoms with van der Waals surface area (Å²) in [4.78, 5) is 15.4. The first-order valence-electron chi connectivity index (χ1n) is 6.53. The molecule has 2 aromatic rings. The molecule has 0 saturated heterocycles. The van der Waals surface area contributed by atoms with Gasteiger partial charge in [0.15, 0.2) is 0 Å². The second-order valence-electron chi connectivity index (χ2n) is 4.83.